The van der Waals surface area contributed by atoms with Crippen LogP contribution in [0.15, 0.2) is 54.6 Å². The van der Waals surface area contributed by atoms with Gasteiger partial charge in [-0.1, -0.05) is 17.7 Å². The number of benzene rings is 2. The zero-order chi connectivity index (χ0) is 16.2. The lowest BCUT2D eigenvalue weighted by Gasteiger charge is -2.10. The number of halogens is 2. The fraction of sp³-hybridized carbons (Fsp3) is 0.0588. The summed E-state index contributed by atoms with van der Waals surface area (Å²) in [6.07, 6.45) is 0. The molecule has 0 amide bonds. The summed E-state index contributed by atoms with van der Waals surface area (Å²) >= 11 is 5.87. The van der Waals surface area contributed by atoms with Gasteiger partial charge in [0.25, 0.3) is 0 Å². The van der Waals surface area contributed by atoms with Crippen molar-refractivity contribution in [1.29, 1.82) is 0 Å². The van der Waals surface area contributed by atoms with E-state index in [1.807, 2.05) is 19.1 Å². The fourth-order valence-electron chi connectivity index (χ4n) is 2.06. The molecule has 0 radical (unpaired) electrons. The summed E-state index contributed by atoms with van der Waals surface area (Å²) in [5.41, 5.74) is 2.24. The monoisotopic (exact) mass is 328 g/mol. The molecule has 4 nitrogen and oxygen atoms in total. The van der Waals surface area contributed by atoms with Crippen LogP contribution in [0.4, 0.5) is 27.5 Å². The maximum atomic E-state index is 13.3. The van der Waals surface area contributed by atoms with Gasteiger partial charge in [-0.25, -0.2) is 9.37 Å². The Morgan fingerprint density at radius 2 is 1.70 bits per heavy atom. The van der Waals surface area contributed by atoms with Gasteiger partial charge in [-0.3, -0.25) is 0 Å². The highest BCUT2D eigenvalue weighted by atomic mass is 35.5. The highest BCUT2D eigenvalue weighted by molar-refractivity contribution is 6.30. The minimum atomic E-state index is -0.305. The molecule has 0 aliphatic heterocycles. The predicted octanol–water partition coefficient (Wildman–Crippen LogP) is 5.06. The topological polar surface area (TPSA) is 49.8 Å². The molecular formula is C17H14ClFN4. The molecule has 1 aromatic heterocycles. The molecule has 0 aliphatic rings. The first-order chi connectivity index (χ1) is 11.1. The van der Waals surface area contributed by atoms with Crippen molar-refractivity contribution in [2.45, 2.75) is 6.92 Å². The number of nitrogens with one attached hydrogen (secondary N) is 2. The highest BCUT2D eigenvalue weighted by Crippen LogP contribution is 2.20. The molecule has 0 spiro atoms. The van der Waals surface area contributed by atoms with Crippen molar-refractivity contribution in [3.05, 3.63) is 71.1 Å². The summed E-state index contributed by atoms with van der Waals surface area (Å²) in [6.45, 7) is 1.87. The standard InChI is InChI=1S/C17H14ClFN4/c1-11-9-16(21-15-4-2-3-13(19)10-15)23-17(20-11)22-14-7-5-12(18)6-8-14/h2-10H,1H3,(H2,20,21,22,23). The Hall–Kier alpha value is -2.66. The zero-order valence-corrected chi connectivity index (χ0v) is 13.1. The number of hydrogen-bond acceptors (Lipinski definition) is 4. The molecule has 0 aliphatic carbocycles. The summed E-state index contributed by atoms with van der Waals surface area (Å²) in [7, 11) is 0. The van der Waals surface area contributed by atoms with Crippen LogP contribution in [0.25, 0.3) is 0 Å². The van der Waals surface area contributed by atoms with Crippen molar-refractivity contribution in [1.82, 2.24) is 9.97 Å². The van der Waals surface area contributed by atoms with Crippen molar-refractivity contribution in [3.8, 4) is 0 Å². The van der Waals surface area contributed by atoms with Gasteiger partial charge in [0, 0.05) is 28.2 Å². The van der Waals surface area contributed by atoms with Gasteiger partial charge < -0.3 is 10.6 Å². The molecule has 116 valence electrons. The smallest absolute Gasteiger partial charge is 0.229 e. The van der Waals surface area contributed by atoms with Crippen LogP contribution in [0, 0.1) is 12.7 Å². The van der Waals surface area contributed by atoms with Crippen molar-refractivity contribution < 1.29 is 4.39 Å². The van der Waals surface area contributed by atoms with E-state index in [2.05, 4.69) is 20.6 Å². The highest BCUT2D eigenvalue weighted by Gasteiger charge is 2.04. The van der Waals surface area contributed by atoms with Gasteiger partial charge in [-0.05, 0) is 49.4 Å². The number of hydrogen-bond donors (Lipinski definition) is 2. The van der Waals surface area contributed by atoms with E-state index in [1.54, 1.807) is 30.3 Å². The van der Waals surface area contributed by atoms with Crippen LogP contribution in [-0.2, 0) is 0 Å². The summed E-state index contributed by atoms with van der Waals surface area (Å²) in [5, 5.41) is 6.84. The van der Waals surface area contributed by atoms with Gasteiger partial charge in [-0.15, -0.1) is 0 Å². The van der Waals surface area contributed by atoms with E-state index in [0.29, 0.717) is 22.5 Å². The molecule has 0 unspecified atom stereocenters. The lowest BCUT2D eigenvalue weighted by Crippen LogP contribution is -2.02. The average Bonchev–Trinajstić information content (AvgIpc) is 2.49. The molecule has 3 rings (SSSR count). The van der Waals surface area contributed by atoms with E-state index in [4.69, 9.17) is 11.6 Å². The third-order valence-corrected chi connectivity index (χ3v) is 3.30. The average molecular weight is 329 g/mol. The Morgan fingerprint density at radius 3 is 2.43 bits per heavy atom. The Labute approximate surface area is 138 Å². The fourth-order valence-corrected chi connectivity index (χ4v) is 2.19. The SMILES string of the molecule is Cc1cc(Nc2cccc(F)c2)nc(Nc2ccc(Cl)cc2)n1. The van der Waals surface area contributed by atoms with Crippen molar-refractivity contribution in [3.63, 3.8) is 0 Å². The lowest BCUT2D eigenvalue weighted by atomic mass is 10.3. The van der Waals surface area contributed by atoms with Gasteiger partial charge in [0.15, 0.2) is 0 Å². The van der Waals surface area contributed by atoms with Crippen molar-refractivity contribution in [2.24, 2.45) is 0 Å². The first-order valence-corrected chi connectivity index (χ1v) is 7.37. The Bertz CT molecular complexity index is 821. The minimum Gasteiger partial charge on any atom is -0.340 e. The quantitative estimate of drug-likeness (QED) is 0.702. The van der Waals surface area contributed by atoms with Crippen LogP contribution >= 0.6 is 11.6 Å². The maximum Gasteiger partial charge on any atom is 0.229 e. The molecule has 0 saturated carbocycles. The van der Waals surface area contributed by atoms with E-state index in [-0.39, 0.29) is 5.82 Å². The number of aryl methyl sites for hydroxylation is 1. The minimum absolute atomic E-state index is 0.305. The van der Waals surface area contributed by atoms with Gasteiger partial charge >= 0.3 is 0 Å². The third-order valence-electron chi connectivity index (χ3n) is 3.05. The molecule has 3 aromatic rings. The molecule has 0 fully saturated rings. The molecule has 23 heavy (non-hydrogen) atoms. The first kappa shape index (κ1) is 15.2. The zero-order valence-electron chi connectivity index (χ0n) is 12.3. The van der Waals surface area contributed by atoms with E-state index in [1.165, 1.54) is 12.1 Å². The largest absolute Gasteiger partial charge is 0.340 e. The van der Waals surface area contributed by atoms with Gasteiger partial charge in [0.2, 0.25) is 5.95 Å². The Balaban J connectivity index is 1.82. The number of nitrogens with zero attached hydrogens (tertiary/aromatic N) is 2. The van der Waals surface area contributed by atoms with E-state index in [0.717, 1.165) is 11.4 Å². The number of anilines is 4. The van der Waals surface area contributed by atoms with Crippen molar-refractivity contribution >= 4 is 34.7 Å². The molecule has 1 heterocycles. The first-order valence-electron chi connectivity index (χ1n) is 6.99. The molecule has 0 saturated heterocycles. The van der Waals surface area contributed by atoms with Gasteiger partial charge in [-0.2, -0.15) is 4.98 Å². The van der Waals surface area contributed by atoms with Crippen LogP contribution in [0.3, 0.4) is 0 Å². The molecule has 0 atom stereocenters. The van der Waals surface area contributed by atoms with Crippen LogP contribution in [0.2, 0.25) is 5.02 Å². The number of aromatic nitrogens is 2. The van der Waals surface area contributed by atoms with E-state index in [9.17, 15) is 4.39 Å². The van der Waals surface area contributed by atoms with Gasteiger partial charge in [0.05, 0.1) is 0 Å². The van der Waals surface area contributed by atoms with Gasteiger partial charge in [0.1, 0.15) is 11.6 Å². The molecule has 2 aromatic carbocycles. The Morgan fingerprint density at radius 1 is 0.913 bits per heavy atom. The van der Waals surface area contributed by atoms with Crippen LogP contribution in [0.1, 0.15) is 5.69 Å². The van der Waals surface area contributed by atoms with Crippen molar-refractivity contribution in [2.75, 3.05) is 10.6 Å². The molecular weight excluding hydrogens is 315 g/mol. The number of rotatable bonds is 4. The van der Waals surface area contributed by atoms with Crippen LogP contribution in [0.5, 0.6) is 0 Å². The third kappa shape index (κ3) is 4.17. The van der Waals surface area contributed by atoms with Crippen LogP contribution < -0.4 is 10.6 Å². The molecule has 0 bridgehead atoms. The second kappa shape index (κ2) is 6.62. The predicted molar refractivity (Wildman–Crippen MR) is 91.2 cm³/mol. The summed E-state index contributed by atoms with van der Waals surface area (Å²) < 4.78 is 13.3. The molecule has 6 heteroatoms. The normalized spacial score (nSPS) is 10.4. The maximum absolute atomic E-state index is 13.3. The Kier molecular flexibility index (Phi) is 4.39. The van der Waals surface area contributed by atoms with Crippen LogP contribution in [-0.4, -0.2) is 9.97 Å². The summed E-state index contributed by atoms with van der Waals surface area (Å²) in [6, 6.07) is 15.2. The second-order valence-corrected chi connectivity index (χ2v) is 5.42. The second-order valence-electron chi connectivity index (χ2n) is 4.99. The van der Waals surface area contributed by atoms with E-state index >= 15 is 0 Å². The van der Waals surface area contributed by atoms with E-state index < -0.39 is 0 Å². The summed E-state index contributed by atoms with van der Waals surface area (Å²) in [4.78, 5) is 8.73. The molecule has 2 N–H and O–H groups in total. The lowest BCUT2D eigenvalue weighted by molar-refractivity contribution is 0.628. The summed E-state index contributed by atoms with van der Waals surface area (Å²) in [5.74, 6) is 0.728.